The number of carbonyl (C=O) groups excluding carboxylic acids is 3. The second-order valence-corrected chi connectivity index (χ2v) is 6.15. The quantitative estimate of drug-likeness (QED) is 0.688. The number of halogens is 3. The number of rotatable bonds is 7. The standard InChI is InChI=1S/C20H19F3N2O4/c1-13(26)24-17(14-5-3-2-4-6-14)11-19(28)29-12-18(27)25-16-9-7-15(8-10-16)20(21,22)23/h2-10,17H,11-12H2,1H3,(H,24,26)(H,25,27)/t17-/m1/s1. The van der Waals surface area contributed by atoms with Crippen molar-refractivity contribution in [3.8, 4) is 0 Å². The first-order chi connectivity index (χ1) is 13.6. The Labute approximate surface area is 165 Å². The van der Waals surface area contributed by atoms with Crippen molar-refractivity contribution in [1.82, 2.24) is 5.32 Å². The Morgan fingerprint density at radius 1 is 1.00 bits per heavy atom. The van der Waals surface area contributed by atoms with E-state index in [9.17, 15) is 27.6 Å². The number of hydrogen-bond donors (Lipinski definition) is 2. The monoisotopic (exact) mass is 408 g/mol. The molecule has 1 atom stereocenters. The fraction of sp³-hybridized carbons (Fsp3) is 0.250. The lowest BCUT2D eigenvalue weighted by Crippen LogP contribution is -2.29. The molecular weight excluding hydrogens is 389 g/mol. The van der Waals surface area contributed by atoms with Crippen LogP contribution in [0.1, 0.15) is 30.5 Å². The molecule has 2 N–H and O–H groups in total. The molecule has 0 aliphatic rings. The van der Waals surface area contributed by atoms with E-state index in [1.54, 1.807) is 30.3 Å². The second-order valence-electron chi connectivity index (χ2n) is 6.15. The maximum Gasteiger partial charge on any atom is 0.416 e. The smallest absolute Gasteiger partial charge is 0.416 e. The molecule has 0 aliphatic carbocycles. The van der Waals surface area contributed by atoms with Gasteiger partial charge in [0.1, 0.15) is 0 Å². The van der Waals surface area contributed by atoms with E-state index in [1.807, 2.05) is 0 Å². The molecule has 2 aromatic rings. The molecule has 2 aromatic carbocycles. The predicted octanol–water partition coefficient (Wildman–Crippen LogP) is 3.45. The Hall–Kier alpha value is -3.36. The van der Waals surface area contributed by atoms with Gasteiger partial charge in [-0.3, -0.25) is 14.4 Å². The second kappa shape index (κ2) is 9.72. The summed E-state index contributed by atoms with van der Waals surface area (Å²) in [4.78, 5) is 35.3. The summed E-state index contributed by atoms with van der Waals surface area (Å²) >= 11 is 0. The Morgan fingerprint density at radius 2 is 1.62 bits per heavy atom. The summed E-state index contributed by atoms with van der Waals surface area (Å²) in [7, 11) is 0. The van der Waals surface area contributed by atoms with Gasteiger partial charge in [-0.05, 0) is 29.8 Å². The van der Waals surface area contributed by atoms with Crippen molar-refractivity contribution < 1.29 is 32.3 Å². The minimum atomic E-state index is -4.47. The number of carbonyl (C=O) groups is 3. The molecule has 0 saturated heterocycles. The number of hydrogen-bond acceptors (Lipinski definition) is 4. The number of anilines is 1. The van der Waals surface area contributed by atoms with Gasteiger partial charge in [0, 0.05) is 12.6 Å². The molecule has 2 amide bonds. The molecule has 0 radical (unpaired) electrons. The lowest BCUT2D eigenvalue weighted by Gasteiger charge is -2.17. The highest BCUT2D eigenvalue weighted by molar-refractivity contribution is 5.92. The third kappa shape index (κ3) is 7.28. The van der Waals surface area contributed by atoms with Crippen LogP contribution in [0, 0.1) is 0 Å². The van der Waals surface area contributed by atoms with Gasteiger partial charge in [0.15, 0.2) is 6.61 Å². The van der Waals surface area contributed by atoms with Gasteiger partial charge in [0.2, 0.25) is 5.91 Å². The van der Waals surface area contributed by atoms with Crippen LogP contribution in [0.5, 0.6) is 0 Å². The Balaban J connectivity index is 1.87. The Morgan fingerprint density at radius 3 is 2.17 bits per heavy atom. The normalized spacial score (nSPS) is 12.0. The molecule has 29 heavy (non-hydrogen) atoms. The molecular formula is C20H19F3N2O4. The van der Waals surface area contributed by atoms with Crippen LogP contribution in [0.2, 0.25) is 0 Å². The maximum atomic E-state index is 12.5. The summed E-state index contributed by atoms with van der Waals surface area (Å²) in [5.41, 5.74) is 0.000153. The van der Waals surface area contributed by atoms with Crippen molar-refractivity contribution in [3.63, 3.8) is 0 Å². The van der Waals surface area contributed by atoms with Gasteiger partial charge < -0.3 is 15.4 Å². The number of ether oxygens (including phenoxy) is 1. The molecule has 0 unspecified atom stereocenters. The van der Waals surface area contributed by atoms with Crippen LogP contribution < -0.4 is 10.6 Å². The molecule has 0 heterocycles. The van der Waals surface area contributed by atoms with E-state index in [2.05, 4.69) is 10.6 Å². The van der Waals surface area contributed by atoms with Crippen molar-refractivity contribution in [3.05, 3.63) is 65.7 Å². The third-order valence-corrected chi connectivity index (χ3v) is 3.81. The zero-order valence-electron chi connectivity index (χ0n) is 15.5. The van der Waals surface area contributed by atoms with Gasteiger partial charge in [-0.2, -0.15) is 13.2 Å². The van der Waals surface area contributed by atoms with Crippen LogP contribution in [0.15, 0.2) is 54.6 Å². The molecule has 9 heteroatoms. The lowest BCUT2D eigenvalue weighted by molar-refractivity contribution is -0.148. The third-order valence-electron chi connectivity index (χ3n) is 3.81. The number of nitrogens with one attached hydrogen (secondary N) is 2. The summed E-state index contributed by atoms with van der Waals surface area (Å²) in [6, 6.07) is 12.0. The van der Waals surface area contributed by atoms with Crippen molar-refractivity contribution in [2.45, 2.75) is 25.6 Å². The topological polar surface area (TPSA) is 84.5 Å². The first kappa shape index (κ1) is 21.9. The average molecular weight is 408 g/mol. The molecule has 0 bridgehead atoms. The summed E-state index contributed by atoms with van der Waals surface area (Å²) < 4.78 is 42.5. The number of benzene rings is 2. The Kier molecular flexibility index (Phi) is 7.35. The van der Waals surface area contributed by atoms with Crippen LogP contribution in [0.4, 0.5) is 18.9 Å². The maximum absolute atomic E-state index is 12.5. The van der Waals surface area contributed by atoms with Crippen LogP contribution in [-0.2, 0) is 25.3 Å². The average Bonchev–Trinajstić information content (AvgIpc) is 2.66. The fourth-order valence-electron chi connectivity index (χ4n) is 2.49. The van der Waals surface area contributed by atoms with E-state index in [0.29, 0.717) is 5.56 Å². The van der Waals surface area contributed by atoms with Gasteiger partial charge in [-0.25, -0.2) is 0 Å². The molecule has 0 spiro atoms. The van der Waals surface area contributed by atoms with E-state index in [0.717, 1.165) is 24.3 Å². The van der Waals surface area contributed by atoms with Crippen LogP contribution >= 0.6 is 0 Å². The molecule has 0 aromatic heterocycles. The molecule has 2 rings (SSSR count). The molecule has 154 valence electrons. The van der Waals surface area contributed by atoms with Crippen molar-refractivity contribution in [1.29, 1.82) is 0 Å². The highest BCUT2D eigenvalue weighted by Crippen LogP contribution is 2.29. The van der Waals surface area contributed by atoms with Crippen molar-refractivity contribution in [2.24, 2.45) is 0 Å². The number of esters is 1. The zero-order valence-corrected chi connectivity index (χ0v) is 15.5. The summed E-state index contributed by atoms with van der Waals surface area (Å²) in [6.45, 7) is 0.709. The molecule has 0 saturated carbocycles. The van der Waals surface area contributed by atoms with Crippen LogP contribution in [0.25, 0.3) is 0 Å². The minimum absolute atomic E-state index is 0.138. The SMILES string of the molecule is CC(=O)N[C@H](CC(=O)OCC(=O)Nc1ccc(C(F)(F)F)cc1)c1ccccc1. The van der Waals surface area contributed by atoms with E-state index >= 15 is 0 Å². The van der Waals surface area contributed by atoms with Crippen molar-refractivity contribution >= 4 is 23.5 Å². The number of alkyl halides is 3. The molecule has 0 aliphatic heterocycles. The van der Waals surface area contributed by atoms with Gasteiger partial charge >= 0.3 is 12.1 Å². The Bertz CT molecular complexity index is 852. The largest absolute Gasteiger partial charge is 0.455 e. The summed E-state index contributed by atoms with van der Waals surface area (Å²) in [6.07, 6.45) is -4.65. The van der Waals surface area contributed by atoms with Gasteiger partial charge in [-0.1, -0.05) is 30.3 Å². The van der Waals surface area contributed by atoms with Crippen molar-refractivity contribution in [2.75, 3.05) is 11.9 Å². The highest BCUT2D eigenvalue weighted by Gasteiger charge is 2.30. The fourth-order valence-corrected chi connectivity index (χ4v) is 2.49. The molecule has 6 nitrogen and oxygen atoms in total. The van der Waals surface area contributed by atoms with Crippen LogP contribution in [-0.4, -0.2) is 24.4 Å². The lowest BCUT2D eigenvalue weighted by atomic mass is 10.0. The van der Waals surface area contributed by atoms with E-state index < -0.39 is 36.3 Å². The van der Waals surface area contributed by atoms with E-state index in [-0.39, 0.29) is 18.0 Å². The first-order valence-corrected chi connectivity index (χ1v) is 8.60. The van der Waals surface area contributed by atoms with Gasteiger partial charge in [-0.15, -0.1) is 0 Å². The zero-order chi connectivity index (χ0) is 21.4. The van der Waals surface area contributed by atoms with E-state index in [4.69, 9.17) is 4.74 Å². The number of amides is 2. The minimum Gasteiger partial charge on any atom is -0.455 e. The van der Waals surface area contributed by atoms with Gasteiger partial charge in [0.05, 0.1) is 18.0 Å². The van der Waals surface area contributed by atoms with E-state index in [1.165, 1.54) is 6.92 Å². The highest BCUT2D eigenvalue weighted by atomic mass is 19.4. The summed E-state index contributed by atoms with van der Waals surface area (Å²) in [5.74, 6) is -1.74. The summed E-state index contributed by atoms with van der Waals surface area (Å²) in [5, 5.41) is 4.98. The predicted molar refractivity (Wildman–Crippen MR) is 98.6 cm³/mol. The first-order valence-electron chi connectivity index (χ1n) is 8.60. The van der Waals surface area contributed by atoms with Gasteiger partial charge in [0.25, 0.3) is 5.91 Å². The van der Waals surface area contributed by atoms with Crippen LogP contribution in [0.3, 0.4) is 0 Å². The molecule has 0 fully saturated rings.